The number of nitro groups is 1. The van der Waals surface area contributed by atoms with Crippen molar-refractivity contribution < 1.29 is 24.3 Å². The van der Waals surface area contributed by atoms with Crippen LogP contribution in [0.4, 0.5) is 11.5 Å². The van der Waals surface area contributed by atoms with E-state index in [4.69, 9.17) is 14.6 Å². The molecule has 2 unspecified atom stereocenters. The van der Waals surface area contributed by atoms with Gasteiger partial charge in [-0.05, 0) is 12.8 Å². The molecule has 1 aromatic rings. The molecule has 21 heavy (non-hydrogen) atoms. The van der Waals surface area contributed by atoms with Gasteiger partial charge in [0.05, 0.1) is 18.1 Å². The summed E-state index contributed by atoms with van der Waals surface area (Å²) in [7, 11) is 1.27. The van der Waals surface area contributed by atoms with E-state index in [-0.39, 0.29) is 30.0 Å². The maximum atomic E-state index is 11.0. The summed E-state index contributed by atoms with van der Waals surface area (Å²) in [5.74, 6) is -1.14. The molecule has 2 rings (SSSR count). The standard InChI is InChI=1S/C11H14N4O6/c1-20-10-8(15(18)19)9(13-5-14-10)12-4-6-2-3-7(21-6)11(16)17/h5-7H,2-4H2,1H3,(H,16,17)(H,12,13,14). The molecule has 0 aromatic carbocycles. The molecule has 1 aliphatic heterocycles. The lowest BCUT2D eigenvalue weighted by molar-refractivity contribution is -0.385. The zero-order valence-electron chi connectivity index (χ0n) is 11.2. The molecule has 0 radical (unpaired) electrons. The van der Waals surface area contributed by atoms with Crippen LogP contribution in [0.25, 0.3) is 0 Å². The number of methoxy groups -OCH3 is 1. The minimum Gasteiger partial charge on any atom is -0.479 e. The summed E-state index contributed by atoms with van der Waals surface area (Å²) >= 11 is 0. The van der Waals surface area contributed by atoms with E-state index in [1.165, 1.54) is 7.11 Å². The molecule has 10 nitrogen and oxygen atoms in total. The van der Waals surface area contributed by atoms with Crippen molar-refractivity contribution in [2.75, 3.05) is 19.0 Å². The lowest BCUT2D eigenvalue weighted by Crippen LogP contribution is -2.25. The van der Waals surface area contributed by atoms with E-state index in [9.17, 15) is 14.9 Å². The van der Waals surface area contributed by atoms with E-state index in [1.54, 1.807) is 0 Å². The Morgan fingerprint density at radius 3 is 2.95 bits per heavy atom. The quantitative estimate of drug-likeness (QED) is 0.565. The second-order valence-electron chi connectivity index (χ2n) is 4.38. The highest BCUT2D eigenvalue weighted by Crippen LogP contribution is 2.30. The van der Waals surface area contributed by atoms with Crippen molar-refractivity contribution in [3.8, 4) is 5.88 Å². The summed E-state index contributed by atoms with van der Waals surface area (Å²) < 4.78 is 10.1. The Balaban J connectivity index is 2.04. The van der Waals surface area contributed by atoms with Gasteiger partial charge < -0.3 is 19.9 Å². The molecule has 114 valence electrons. The van der Waals surface area contributed by atoms with Crippen molar-refractivity contribution in [1.29, 1.82) is 0 Å². The molecule has 1 aliphatic rings. The molecular formula is C11H14N4O6. The number of carbonyl (C=O) groups is 1. The second-order valence-corrected chi connectivity index (χ2v) is 4.38. The van der Waals surface area contributed by atoms with Crippen LogP contribution in [-0.4, -0.2) is 51.8 Å². The summed E-state index contributed by atoms with van der Waals surface area (Å²) in [5, 5.41) is 22.6. The molecule has 0 amide bonds. The van der Waals surface area contributed by atoms with Gasteiger partial charge in [-0.15, -0.1) is 0 Å². The maximum Gasteiger partial charge on any atom is 0.372 e. The Hall–Kier alpha value is -2.49. The van der Waals surface area contributed by atoms with Crippen LogP contribution >= 0.6 is 0 Å². The van der Waals surface area contributed by atoms with Crippen molar-refractivity contribution in [2.45, 2.75) is 25.0 Å². The third-order valence-corrected chi connectivity index (χ3v) is 3.04. The van der Waals surface area contributed by atoms with Crippen LogP contribution in [0.5, 0.6) is 5.88 Å². The highest BCUT2D eigenvalue weighted by molar-refractivity contribution is 5.72. The van der Waals surface area contributed by atoms with Crippen LogP contribution < -0.4 is 10.1 Å². The summed E-state index contributed by atoms with van der Waals surface area (Å²) in [4.78, 5) is 28.6. The Labute approximate surface area is 119 Å². The van der Waals surface area contributed by atoms with Gasteiger partial charge in [-0.25, -0.2) is 9.78 Å². The first-order valence-corrected chi connectivity index (χ1v) is 6.18. The van der Waals surface area contributed by atoms with Crippen LogP contribution in [0, 0.1) is 10.1 Å². The third kappa shape index (κ3) is 3.34. The van der Waals surface area contributed by atoms with Gasteiger partial charge in [0.1, 0.15) is 6.33 Å². The number of nitrogens with one attached hydrogen (secondary N) is 1. The second kappa shape index (κ2) is 6.31. The number of aliphatic carboxylic acids is 1. The van der Waals surface area contributed by atoms with Gasteiger partial charge in [-0.3, -0.25) is 10.1 Å². The zero-order valence-corrected chi connectivity index (χ0v) is 11.2. The zero-order chi connectivity index (χ0) is 15.4. The van der Waals surface area contributed by atoms with Crippen molar-refractivity contribution in [3.63, 3.8) is 0 Å². The first kappa shape index (κ1) is 14.9. The highest BCUT2D eigenvalue weighted by atomic mass is 16.6. The smallest absolute Gasteiger partial charge is 0.372 e. The molecule has 2 atom stereocenters. The summed E-state index contributed by atoms with van der Waals surface area (Å²) in [6.07, 6.45) is 0.944. The van der Waals surface area contributed by atoms with Crippen molar-refractivity contribution in [2.24, 2.45) is 0 Å². The predicted octanol–water partition coefficient (Wildman–Crippen LogP) is 0.437. The molecular weight excluding hydrogens is 284 g/mol. The topological polar surface area (TPSA) is 137 Å². The summed E-state index contributed by atoms with van der Waals surface area (Å²) in [6.45, 7) is 0.213. The predicted molar refractivity (Wildman–Crippen MR) is 69.3 cm³/mol. The van der Waals surface area contributed by atoms with Crippen LogP contribution in [0.15, 0.2) is 6.33 Å². The minimum absolute atomic E-state index is 0.00854. The third-order valence-electron chi connectivity index (χ3n) is 3.04. The molecule has 1 fully saturated rings. The number of nitrogens with zero attached hydrogens (tertiary/aromatic N) is 3. The van der Waals surface area contributed by atoms with E-state index in [0.717, 1.165) is 6.33 Å². The summed E-state index contributed by atoms with van der Waals surface area (Å²) in [6, 6.07) is 0. The molecule has 2 N–H and O–H groups in total. The number of anilines is 1. The Bertz CT molecular complexity index is 552. The van der Waals surface area contributed by atoms with Gasteiger partial charge in [0.2, 0.25) is 5.82 Å². The highest BCUT2D eigenvalue weighted by Gasteiger charge is 2.31. The minimum atomic E-state index is -1.01. The van der Waals surface area contributed by atoms with Gasteiger partial charge in [0.25, 0.3) is 5.88 Å². The van der Waals surface area contributed by atoms with Crippen LogP contribution in [0.2, 0.25) is 0 Å². The molecule has 1 saturated heterocycles. The number of rotatable bonds is 6. The largest absolute Gasteiger partial charge is 0.479 e. The van der Waals surface area contributed by atoms with E-state index in [0.29, 0.717) is 12.8 Å². The van der Waals surface area contributed by atoms with Gasteiger partial charge in [0.15, 0.2) is 6.10 Å². The van der Waals surface area contributed by atoms with Crippen LogP contribution in [0.1, 0.15) is 12.8 Å². The summed E-state index contributed by atoms with van der Waals surface area (Å²) in [5.41, 5.74) is -0.368. The SMILES string of the molecule is COc1ncnc(NCC2CCC(C(=O)O)O2)c1[N+](=O)[O-]. The number of carboxylic acid groups (broad SMARTS) is 1. The van der Waals surface area contributed by atoms with Gasteiger partial charge in [-0.1, -0.05) is 0 Å². The Morgan fingerprint density at radius 1 is 1.62 bits per heavy atom. The molecule has 1 aromatic heterocycles. The van der Waals surface area contributed by atoms with Crippen LogP contribution in [-0.2, 0) is 9.53 Å². The molecule has 0 saturated carbocycles. The fourth-order valence-corrected chi connectivity index (χ4v) is 2.05. The average Bonchev–Trinajstić information content (AvgIpc) is 2.93. The normalized spacial score (nSPS) is 21.0. The van der Waals surface area contributed by atoms with Gasteiger partial charge in [-0.2, -0.15) is 4.98 Å². The fourth-order valence-electron chi connectivity index (χ4n) is 2.05. The fraction of sp³-hybridized carbons (Fsp3) is 0.545. The van der Waals surface area contributed by atoms with Gasteiger partial charge >= 0.3 is 11.7 Å². The van der Waals surface area contributed by atoms with E-state index < -0.39 is 17.0 Å². The van der Waals surface area contributed by atoms with Crippen molar-refractivity contribution in [3.05, 3.63) is 16.4 Å². The van der Waals surface area contributed by atoms with Crippen LogP contribution in [0.3, 0.4) is 0 Å². The molecule has 2 heterocycles. The molecule has 0 spiro atoms. The first-order chi connectivity index (χ1) is 10.0. The van der Waals surface area contributed by atoms with E-state index in [1.807, 2.05) is 0 Å². The first-order valence-electron chi connectivity index (χ1n) is 6.18. The molecule has 0 bridgehead atoms. The maximum absolute atomic E-state index is 11.0. The van der Waals surface area contributed by atoms with E-state index in [2.05, 4.69) is 15.3 Å². The number of hydrogen-bond acceptors (Lipinski definition) is 8. The van der Waals surface area contributed by atoms with Crippen molar-refractivity contribution >= 4 is 17.5 Å². The monoisotopic (exact) mass is 298 g/mol. The Kier molecular flexibility index (Phi) is 4.48. The number of carboxylic acids is 1. The average molecular weight is 298 g/mol. The Morgan fingerprint density at radius 2 is 2.38 bits per heavy atom. The number of ether oxygens (including phenoxy) is 2. The van der Waals surface area contributed by atoms with E-state index >= 15 is 0 Å². The lowest BCUT2D eigenvalue weighted by atomic mass is 10.2. The molecule has 10 heteroatoms. The number of aromatic nitrogens is 2. The number of hydrogen-bond donors (Lipinski definition) is 2. The molecule has 0 aliphatic carbocycles. The lowest BCUT2D eigenvalue weighted by Gasteiger charge is -2.13. The van der Waals surface area contributed by atoms with Gasteiger partial charge in [0, 0.05) is 6.54 Å². The van der Waals surface area contributed by atoms with Crippen molar-refractivity contribution in [1.82, 2.24) is 9.97 Å².